The molecule has 5 nitrogen and oxygen atoms in total. The van der Waals surface area contributed by atoms with Crippen LogP contribution >= 0.6 is 0 Å². The fourth-order valence-electron chi connectivity index (χ4n) is 10.4. The second-order valence-corrected chi connectivity index (χ2v) is 15.2. The van der Waals surface area contributed by atoms with Crippen LogP contribution in [0.1, 0.15) is 106 Å². The van der Waals surface area contributed by atoms with Gasteiger partial charge in [-0.25, -0.2) is 4.79 Å². The van der Waals surface area contributed by atoms with E-state index in [1.54, 1.807) is 0 Å². The van der Waals surface area contributed by atoms with Gasteiger partial charge in [-0.3, -0.25) is 0 Å². The molecule has 1 heterocycles. The number of ether oxygens (including phenoxy) is 1. The SMILES string of the molecule is CCC(/C=C/[C@@H](C)[C@H]1CC[C@H]2[C@@H]3CC=C4C[C@@H](OC(=O)N5C[C@H](O)C[C@H]5CO)CC[C@]4(C)[C@H]3CC[C@]12C)C(C)C. The Bertz CT molecular complexity index is 974. The number of carbonyl (C=O) groups excluding carboxylic acids is 1. The van der Waals surface area contributed by atoms with Gasteiger partial charge in [0.1, 0.15) is 6.10 Å². The molecule has 2 N–H and O–H groups in total. The maximum absolute atomic E-state index is 12.9. The Balaban J connectivity index is 1.25. The van der Waals surface area contributed by atoms with E-state index in [0.717, 1.165) is 42.9 Å². The molecular formula is C35H57NO4. The van der Waals surface area contributed by atoms with Gasteiger partial charge in [-0.1, -0.05) is 65.3 Å². The fraction of sp³-hybridized carbons (Fsp3) is 0.857. The summed E-state index contributed by atoms with van der Waals surface area (Å²) in [6.07, 6.45) is 17.7. The first-order chi connectivity index (χ1) is 19.0. The molecule has 0 bridgehead atoms. The van der Waals surface area contributed by atoms with E-state index in [1.807, 2.05) is 0 Å². The molecule has 226 valence electrons. The summed E-state index contributed by atoms with van der Waals surface area (Å²) in [6.45, 7) is 14.8. The third-order valence-corrected chi connectivity index (χ3v) is 12.9. The largest absolute Gasteiger partial charge is 0.446 e. The smallest absolute Gasteiger partial charge is 0.410 e. The molecular weight excluding hydrogens is 498 g/mol. The lowest BCUT2D eigenvalue weighted by molar-refractivity contribution is -0.0567. The van der Waals surface area contributed by atoms with Crippen LogP contribution in [0.25, 0.3) is 0 Å². The number of likely N-dealkylation sites (tertiary alicyclic amines) is 1. The van der Waals surface area contributed by atoms with Crippen LogP contribution in [0.4, 0.5) is 4.79 Å². The molecule has 3 saturated carbocycles. The summed E-state index contributed by atoms with van der Waals surface area (Å²) in [5.74, 6) is 5.19. The Morgan fingerprint density at radius 2 is 1.90 bits per heavy atom. The number of amides is 1. The van der Waals surface area contributed by atoms with Crippen molar-refractivity contribution in [3.05, 3.63) is 23.8 Å². The van der Waals surface area contributed by atoms with Crippen LogP contribution in [0.2, 0.25) is 0 Å². The number of rotatable bonds is 7. The summed E-state index contributed by atoms with van der Waals surface area (Å²) in [6, 6.07) is -0.334. The van der Waals surface area contributed by atoms with Crippen LogP contribution in [-0.2, 0) is 4.74 Å². The summed E-state index contributed by atoms with van der Waals surface area (Å²) < 4.78 is 5.99. The molecule has 1 aliphatic heterocycles. The molecule has 0 aromatic rings. The average molecular weight is 556 g/mol. The predicted molar refractivity (Wildman–Crippen MR) is 161 cm³/mol. The van der Waals surface area contributed by atoms with E-state index in [1.165, 1.54) is 49.0 Å². The number of fused-ring (bicyclic) bond motifs is 5. The number of aliphatic hydroxyl groups is 2. The summed E-state index contributed by atoms with van der Waals surface area (Å²) in [4.78, 5) is 14.5. The molecule has 40 heavy (non-hydrogen) atoms. The first-order valence-electron chi connectivity index (χ1n) is 16.7. The Morgan fingerprint density at radius 1 is 1.12 bits per heavy atom. The number of hydrogen-bond donors (Lipinski definition) is 2. The van der Waals surface area contributed by atoms with E-state index in [4.69, 9.17) is 4.74 Å². The van der Waals surface area contributed by atoms with E-state index in [9.17, 15) is 15.0 Å². The quantitative estimate of drug-likeness (QED) is 0.322. The molecule has 0 aromatic heterocycles. The molecule has 11 atom stereocenters. The van der Waals surface area contributed by atoms with Gasteiger partial charge in [-0.2, -0.15) is 0 Å². The van der Waals surface area contributed by atoms with Crippen molar-refractivity contribution in [2.75, 3.05) is 13.2 Å². The van der Waals surface area contributed by atoms with Gasteiger partial charge in [-0.15, -0.1) is 0 Å². The third kappa shape index (κ3) is 5.32. The van der Waals surface area contributed by atoms with Gasteiger partial charge in [0.2, 0.25) is 0 Å². The zero-order valence-electron chi connectivity index (χ0n) is 26.1. The van der Waals surface area contributed by atoms with E-state index >= 15 is 0 Å². The minimum absolute atomic E-state index is 0.101. The second kappa shape index (κ2) is 11.7. The van der Waals surface area contributed by atoms with E-state index in [-0.39, 0.29) is 36.8 Å². The van der Waals surface area contributed by atoms with Crippen LogP contribution in [0, 0.1) is 52.3 Å². The summed E-state index contributed by atoms with van der Waals surface area (Å²) in [7, 11) is 0. The fourth-order valence-corrected chi connectivity index (χ4v) is 10.4. The standard InChI is InChI=1S/C35H57NO4/c1-7-24(22(2)3)9-8-23(4)30-12-13-31-29-11-10-25-18-28(40-33(39)36-20-27(38)19-26(36)21-37)14-16-34(25,5)32(29)15-17-35(30,31)6/h8-10,22-24,26-32,37-38H,7,11-21H2,1-6H3/b9-8+/t23-,24?,26+,27-,28+,29+,30-,31+,32+,34+,35-/m1/s1. The molecule has 5 rings (SSSR count). The van der Waals surface area contributed by atoms with Crippen LogP contribution in [0.5, 0.6) is 0 Å². The average Bonchev–Trinajstić information content (AvgIpc) is 3.48. The Labute approximate surface area is 243 Å². The van der Waals surface area contributed by atoms with Gasteiger partial charge in [0.25, 0.3) is 0 Å². The van der Waals surface area contributed by atoms with Crippen LogP contribution in [0.3, 0.4) is 0 Å². The third-order valence-electron chi connectivity index (χ3n) is 12.9. The number of nitrogens with zero attached hydrogens (tertiary/aromatic N) is 1. The van der Waals surface area contributed by atoms with Crippen molar-refractivity contribution >= 4 is 6.09 Å². The number of carbonyl (C=O) groups is 1. The van der Waals surface area contributed by atoms with Gasteiger partial charge in [0.15, 0.2) is 0 Å². The molecule has 0 aromatic carbocycles. The van der Waals surface area contributed by atoms with E-state index in [0.29, 0.717) is 29.6 Å². The lowest BCUT2D eigenvalue weighted by Crippen LogP contribution is -2.51. The van der Waals surface area contributed by atoms with Gasteiger partial charge >= 0.3 is 6.09 Å². The predicted octanol–water partition coefficient (Wildman–Crippen LogP) is 7.37. The minimum atomic E-state index is -0.572. The van der Waals surface area contributed by atoms with Crippen molar-refractivity contribution in [2.24, 2.45) is 52.3 Å². The van der Waals surface area contributed by atoms with Crippen molar-refractivity contribution < 1.29 is 19.7 Å². The van der Waals surface area contributed by atoms with Gasteiger partial charge < -0.3 is 19.8 Å². The maximum Gasteiger partial charge on any atom is 0.410 e. The van der Waals surface area contributed by atoms with Crippen molar-refractivity contribution in [1.82, 2.24) is 4.90 Å². The highest BCUT2D eigenvalue weighted by Gasteiger charge is 2.59. The molecule has 1 amide bonds. The number of aliphatic hydroxyl groups excluding tert-OH is 2. The van der Waals surface area contributed by atoms with Gasteiger partial charge in [0.05, 0.1) is 25.3 Å². The highest BCUT2D eigenvalue weighted by Crippen LogP contribution is 2.67. The summed E-state index contributed by atoms with van der Waals surface area (Å²) in [5.41, 5.74) is 2.19. The molecule has 5 aliphatic rings. The van der Waals surface area contributed by atoms with Crippen molar-refractivity contribution in [2.45, 2.75) is 124 Å². The summed E-state index contributed by atoms with van der Waals surface area (Å²) in [5, 5.41) is 19.6. The maximum atomic E-state index is 12.9. The van der Waals surface area contributed by atoms with Crippen molar-refractivity contribution in [3.63, 3.8) is 0 Å². The topological polar surface area (TPSA) is 70.0 Å². The lowest BCUT2D eigenvalue weighted by Gasteiger charge is -2.58. The van der Waals surface area contributed by atoms with Crippen LogP contribution < -0.4 is 0 Å². The molecule has 1 unspecified atom stereocenters. The van der Waals surface area contributed by atoms with Crippen molar-refractivity contribution in [3.8, 4) is 0 Å². The first kappa shape index (κ1) is 30.1. The van der Waals surface area contributed by atoms with Gasteiger partial charge in [-0.05, 0) is 110 Å². The normalized spacial score (nSPS) is 42.8. The Kier molecular flexibility index (Phi) is 8.85. The first-order valence-corrected chi connectivity index (χ1v) is 16.7. The monoisotopic (exact) mass is 555 g/mol. The molecule has 0 spiro atoms. The summed E-state index contributed by atoms with van der Waals surface area (Å²) >= 11 is 0. The van der Waals surface area contributed by atoms with Gasteiger partial charge in [0, 0.05) is 6.42 Å². The second-order valence-electron chi connectivity index (χ2n) is 15.2. The number of allylic oxidation sites excluding steroid dienone is 3. The van der Waals surface area contributed by atoms with E-state index in [2.05, 4.69) is 59.8 Å². The zero-order valence-corrected chi connectivity index (χ0v) is 26.1. The Hall–Kier alpha value is -1.33. The number of β-amino-alcohol motifs (C(OH)–C–C–N with tert-alkyl or cyclic N) is 1. The van der Waals surface area contributed by atoms with Crippen LogP contribution in [-0.4, -0.2) is 52.6 Å². The highest BCUT2D eigenvalue weighted by atomic mass is 16.6. The molecule has 0 radical (unpaired) electrons. The molecule has 1 saturated heterocycles. The molecule has 4 aliphatic carbocycles. The number of hydrogen-bond acceptors (Lipinski definition) is 4. The minimum Gasteiger partial charge on any atom is -0.446 e. The zero-order chi connectivity index (χ0) is 28.8. The van der Waals surface area contributed by atoms with Crippen LogP contribution in [0.15, 0.2) is 23.8 Å². The molecule has 5 heteroatoms. The Morgan fingerprint density at radius 3 is 2.60 bits per heavy atom. The van der Waals surface area contributed by atoms with E-state index < -0.39 is 6.10 Å². The van der Waals surface area contributed by atoms with Crippen molar-refractivity contribution in [1.29, 1.82) is 0 Å². The lowest BCUT2D eigenvalue weighted by atomic mass is 9.47. The highest BCUT2D eigenvalue weighted by molar-refractivity contribution is 5.69. The molecule has 4 fully saturated rings.